The number of hydrogen-bond donors (Lipinski definition) is 1. The molecular weight excluding hydrogens is 336 g/mol. The molecule has 0 aliphatic carbocycles. The van der Waals surface area contributed by atoms with Crippen molar-refractivity contribution in [1.82, 2.24) is 4.57 Å². The molecule has 0 atom stereocenters. The van der Waals surface area contributed by atoms with Gasteiger partial charge in [-0.15, -0.1) is 0 Å². The summed E-state index contributed by atoms with van der Waals surface area (Å²) in [5.74, 6) is -0.285. The van der Waals surface area contributed by atoms with Crippen LogP contribution in [-0.4, -0.2) is 10.5 Å². The van der Waals surface area contributed by atoms with Gasteiger partial charge in [0.2, 0.25) is 0 Å². The lowest BCUT2D eigenvalue weighted by Gasteiger charge is -2.11. The van der Waals surface area contributed by atoms with Crippen molar-refractivity contribution in [3.8, 4) is 0 Å². The second-order valence-electron chi connectivity index (χ2n) is 5.78. The van der Waals surface area contributed by atoms with Crippen molar-refractivity contribution in [3.05, 3.63) is 98.9 Å². The Morgan fingerprint density at radius 3 is 2.60 bits per heavy atom. The Morgan fingerprint density at radius 2 is 1.84 bits per heavy atom. The summed E-state index contributed by atoms with van der Waals surface area (Å²) in [7, 11) is 0. The summed E-state index contributed by atoms with van der Waals surface area (Å²) in [6.07, 6.45) is 1.57. The zero-order valence-corrected chi connectivity index (χ0v) is 14.5. The van der Waals surface area contributed by atoms with Crippen LogP contribution >= 0.6 is 11.6 Å². The highest BCUT2D eigenvalue weighted by Gasteiger charge is 2.10. The monoisotopic (exact) mass is 352 g/mol. The van der Waals surface area contributed by atoms with Crippen molar-refractivity contribution in [3.63, 3.8) is 0 Å². The fraction of sp³-hybridized carbons (Fsp3) is 0.100. The SMILES string of the molecule is Cc1ccc(Cl)cc1NC(=O)c1ccc(=O)n(Cc2ccccc2)c1. The molecule has 1 aromatic heterocycles. The second kappa shape index (κ2) is 7.36. The van der Waals surface area contributed by atoms with Crippen LogP contribution in [0.15, 0.2) is 71.7 Å². The van der Waals surface area contributed by atoms with Gasteiger partial charge in [-0.05, 0) is 36.2 Å². The van der Waals surface area contributed by atoms with E-state index in [9.17, 15) is 9.59 Å². The minimum atomic E-state index is -0.285. The molecular formula is C20H17ClN2O2. The smallest absolute Gasteiger partial charge is 0.257 e. The average molecular weight is 353 g/mol. The minimum Gasteiger partial charge on any atom is -0.322 e. The number of rotatable bonds is 4. The first-order valence-electron chi connectivity index (χ1n) is 7.85. The normalized spacial score (nSPS) is 10.5. The molecule has 1 amide bonds. The summed E-state index contributed by atoms with van der Waals surface area (Å²) in [5, 5.41) is 3.39. The molecule has 0 spiro atoms. The maximum Gasteiger partial charge on any atom is 0.257 e. The highest BCUT2D eigenvalue weighted by atomic mass is 35.5. The van der Waals surface area contributed by atoms with Gasteiger partial charge >= 0.3 is 0 Å². The van der Waals surface area contributed by atoms with E-state index in [1.165, 1.54) is 16.7 Å². The third-order valence-electron chi connectivity index (χ3n) is 3.89. The third-order valence-corrected chi connectivity index (χ3v) is 4.12. The zero-order chi connectivity index (χ0) is 17.8. The second-order valence-corrected chi connectivity index (χ2v) is 6.22. The maximum atomic E-state index is 12.5. The van der Waals surface area contributed by atoms with E-state index in [1.807, 2.05) is 43.3 Å². The van der Waals surface area contributed by atoms with Crippen molar-refractivity contribution in [2.45, 2.75) is 13.5 Å². The van der Waals surface area contributed by atoms with E-state index in [2.05, 4.69) is 5.32 Å². The van der Waals surface area contributed by atoms with Gasteiger partial charge in [0.1, 0.15) is 0 Å². The molecule has 3 rings (SSSR count). The van der Waals surface area contributed by atoms with Crippen molar-refractivity contribution >= 4 is 23.2 Å². The maximum absolute atomic E-state index is 12.5. The molecule has 126 valence electrons. The number of nitrogens with one attached hydrogen (secondary N) is 1. The van der Waals surface area contributed by atoms with Crippen LogP contribution in [0.3, 0.4) is 0 Å². The van der Waals surface area contributed by atoms with Gasteiger partial charge in [-0.25, -0.2) is 0 Å². The van der Waals surface area contributed by atoms with Gasteiger partial charge < -0.3 is 9.88 Å². The van der Waals surface area contributed by atoms with Crippen LogP contribution in [0.4, 0.5) is 5.69 Å². The number of anilines is 1. The van der Waals surface area contributed by atoms with E-state index in [0.29, 0.717) is 22.8 Å². The number of pyridine rings is 1. The van der Waals surface area contributed by atoms with Crippen molar-refractivity contribution in [1.29, 1.82) is 0 Å². The van der Waals surface area contributed by atoms with E-state index in [0.717, 1.165) is 11.1 Å². The molecule has 0 radical (unpaired) electrons. The number of aromatic nitrogens is 1. The first-order chi connectivity index (χ1) is 12.0. The first-order valence-corrected chi connectivity index (χ1v) is 8.22. The van der Waals surface area contributed by atoms with Gasteiger partial charge in [0, 0.05) is 23.0 Å². The molecule has 1 N–H and O–H groups in total. The van der Waals surface area contributed by atoms with Crippen LogP contribution in [0.5, 0.6) is 0 Å². The van der Waals surface area contributed by atoms with Gasteiger partial charge in [0.05, 0.1) is 12.1 Å². The third kappa shape index (κ3) is 4.17. The Bertz CT molecular complexity index is 965. The zero-order valence-electron chi connectivity index (χ0n) is 13.7. The largest absolute Gasteiger partial charge is 0.322 e. The van der Waals surface area contributed by atoms with Crippen LogP contribution in [0.2, 0.25) is 5.02 Å². The summed E-state index contributed by atoms with van der Waals surface area (Å²) < 4.78 is 1.52. The molecule has 1 heterocycles. The molecule has 3 aromatic rings. The van der Waals surface area contributed by atoms with E-state index in [1.54, 1.807) is 18.3 Å². The van der Waals surface area contributed by atoms with E-state index in [-0.39, 0.29) is 11.5 Å². The fourth-order valence-electron chi connectivity index (χ4n) is 2.49. The first kappa shape index (κ1) is 17.0. The van der Waals surface area contributed by atoms with Crippen molar-refractivity contribution < 1.29 is 4.79 Å². The molecule has 0 aliphatic heterocycles. The standard InChI is InChI=1S/C20H17ClN2O2/c1-14-7-9-17(21)11-18(14)22-20(25)16-8-10-19(24)23(13-16)12-15-5-3-2-4-6-15/h2-11,13H,12H2,1H3,(H,22,25). The number of hydrogen-bond acceptors (Lipinski definition) is 2. The Labute approximate surface area is 150 Å². The Kier molecular flexibility index (Phi) is 5.00. The lowest BCUT2D eigenvalue weighted by Crippen LogP contribution is -2.22. The fourth-order valence-corrected chi connectivity index (χ4v) is 2.66. The molecule has 25 heavy (non-hydrogen) atoms. The Morgan fingerprint density at radius 1 is 1.08 bits per heavy atom. The summed E-state index contributed by atoms with van der Waals surface area (Å²) >= 11 is 5.99. The van der Waals surface area contributed by atoms with Crippen LogP contribution < -0.4 is 10.9 Å². The number of amides is 1. The number of nitrogens with zero attached hydrogens (tertiary/aromatic N) is 1. The van der Waals surface area contributed by atoms with E-state index in [4.69, 9.17) is 11.6 Å². The lowest BCUT2D eigenvalue weighted by molar-refractivity contribution is 0.102. The van der Waals surface area contributed by atoms with Crippen LogP contribution in [0, 0.1) is 6.92 Å². The van der Waals surface area contributed by atoms with Crippen LogP contribution in [0.25, 0.3) is 0 Å². The number of aryl methyl sites for hydroxylation is 1. The van der Waals surface area contributed by atoms with Gasteiger partial charge in [-0.3, -0.25) is 9.59 Å². The predicted octanol–water partition coefficient (Wildman–Crippen LogP) is 4.11. The molecule has 2 aromatic carbocycles. The number of benzene rings is 2. The summed E-state index contributed by atoms with van der Waals surface area (Å²) in [5.41, 5.74) is 2.82. The van der Waals surface area contributed by atoms with Crippen molar-refractivity contribution in [2.24, 2.45) is 0 Å². The summed E-state index contributed by atoms with van der Waals surface area (Å²) in [4.78, 5) is 24.6. The van der Waals surface area contributed by atoms with E-state index < -0.39 is 0 Å². The quantitative estimate of drug-likeness (QED) is 0.768. The van der Waals surface area contributed by atoms with Crippen LogP contribution in [0.1, 0.15) is 21.5 Å². The Balaban J connectivity index is 1.85. The lowest BCUT2D eigenvalue weighted by atomic mass is 10.2. The average Bonchev–Trinajstić information content (AvgIpc) is 2.61. The summed E-state index contributed by atoms with van der Waals surface area (Å²) in [6.45, 7) is 2.30. The van der Waals surface area contributed by atoms with Crippen molar-refractivity contribution in [2.75, 3.05) is 5.32 Å². The summed E-state index contributed by atoms with van der Waals surface area (Å²) in [6, 6.07) is 17.9. The molecule has 0 bridgehead atoms. The molecule has 0 fully saturated rings. The number of carbonyl (C=O) groups is 1. The molecule has 5 heteroatoms. The van der Waals surface area contributed by atoms with E-state index >= 15 is 0 Å². The minimum absolute atomic E-state index is 0.153. The number of halogens is 1. The van der Waals surface area contributed by atoms with Gasteiger partial charge in [-0.1, -0.05) is 48.0 Å². The molecule has 0 saturated heterocycles. The molecule has 0 aliphatic rings. The molecule has 0 saturated carbocycles. The Hall–Kier alpha value is -2.85. The number of carbonyl (C=O) groups excluding carboxylic acids is 1. The topological polar surface area (TPSA) is 51.1 Å². The molecule has 0 unspecified atom stereocenters. The molecule has 4 nitrogen and oxygen atoms in total. The predicted molar refractivity (Wildman–Crippen MR) is 100 cm³/mol. The van der Waals surface area contributed by atoms with Crippen LogP contribution in [-0.2, 0) is 6.54 Å². The highest BCUT2D eigenvalue weighted by Crippen LogP contribution is 2.20. The van der Waals surface area contributed by atoms with Gasteiger partial charge in [-0.2, -0.15) is 0 Å². The van der Waals surface area contributed by atoms with Gasteiger partial charge in [0.25, 0.3) is 11.5 Å². The van der Waals surface area contributed by atoms with Gasteiger partial charge in [0.15, 0.2) is 0 Å². The highest BCUT2D eigenvalue weighted by molar-refractivity contribution is 6.31.